The Kier molecular flexibility index (Phi) is 4.34. The summed E-state index contributed by atoms with van der Waals surface area (Å²) in [5.41, 5.74) is 2.33. The van der Waals surface area contributed by atoms with E-state index in [4.69, 9.17) is 4.74 Å². The number of hydrogen-bond donors (Lipinski definition) is 1. The van der Waals surface area contributed by atoms with Crippen molar-refractivity contribution < 1.29 is 4.74 Å². The molecule has 1 N–H and O–H groups in total. The fourth-order valence-electron chi connectivity index (χ4n) is 1.69. The lowest BCUT2D eigenvalue weighted by atomic mass is 10.1. The summed E-state index contributed by atoms with van der Waals surface area (Å²) in [6.07, 6.45) is 2.57. The molecule has 1 heterocycles. The Bertz CT molecular complexity index is 555. The number of hydrogen-bond acceptors (Lipinski definition) is 4. The Morgan fingerprint density at radius 2 is 2.05 bits per heavy atom. The van der Waals surface area contributed by atoms with Crippen molar-refractivity contribution in [2.75, 3.05) is 11.9 Å². The Balaban J connectivity index is 2.16. The van der Waals surface area contributed by atoms with Crippen LogP contribution in [0.1, 0.15) is 24.5 Å². The van der Waals surface area contributed by atoms with Crippen LogP contribution in [-0.2, 0) is 0 Å². The molecule has 0 aliphatic rings. The fourth-order valence-corrected chi connectivity index (χ4v) is 1.69. The highest BCUT2D eigenvalue weighted by atomic mass is 16.5. The van der Waals surface area contributed by atoms with Crippen molar-refractivity contribution in [2.24, 2.45) is 0 Å². The van der Waals surface area contributed by atoms with E-state index in [9.17, 15) is 0 Å². The number of aromatic nitrogens is 2. The van der Waals surface area contributed by atoms with Crippen LogP contribution in [0.2, 0.25) is 0 Å². The van der Waals surface area contributed by atoms with Crippen LogP contribution in [-0.4, -0.2) is 16.5 Å². The zero-order valence-corrected chi connectivity index (χ0v) is 11.6. The van der Waals surface area contributed by atoms with Gasteiger partial charge in [-0.15, -0.1) is 0 Å². The Labute approximate surface area is 113 Å². The van der Waals surface area contributed by atoms with Crippen molar-refractivity contribution in [3.63, 3.8) is 0 Å². The van der Waals surface area contributed by atoms with E-state index in [1.165, 1.54) is 11.9 Å². The first kappa shape index (κ1) is 13.3. The molecule has 4 nitrogen and oxygen atoms in total. The zero-order chi connectivity index (χ0) is 13.7. The van der Waals surface area contributed by atoms with Crippen molar-refractivity contribution in [1.29, 1.82) is 0 Å². The van der Waals surface area contributed by atoms with Gasteiger partial charge in [-0.05, 0) is 37.5 Å². The Morgan fingerprint density at radius 3 is 2.84 bits per heavy atom. The number of aryl methyl sites for hydroxylation is 1. The van der Waals surface area contributed by atoms with Crippen molar-refractivity contribution in [2.45, 2.75) is 27.2 Å². The molecule has 0 radical (unpaired) electrons. The average molecular weight is 257 g/mol. The van der Waals surface area contributed by atoms with Gasteiger partial charge in [0.2, 0.25) is 5.88 Å². The third kappa shape index (κ3) is 3.44. The SMILES string of the molecule is CCCNc1cc(Oc2cccc(C)c2C)ncn1. The lowest BCUT2D eigenvalue weighted by Gasteiger charge is -2.10. The van der Waals surface area contributed by atoms with Gasteiger partial charge < -0.3 is 10.1 Å². The number of ether oxygens (including phenoxy) is 1. The number of benzene rings is 1. The van der Waals surface area contributed by atoms with E-state index >= 15 is 0 Å². The number of anilines is 1. The highest BCUT2D eigenvalue weighted by Gasteiger charge is 2.05. The van der Waals surface area contributed by atoms with Crippen LogP contribution >= 0.6 is 0 Å². The molecule has 1 aromatic carbocycles. The molecular formula is C15H19N3O. The molecular weight excluding hydrogens is 238 g/mol. The van der Waals surface area contributed by atoms with Gasteiger partial charge in [0.25, 0.3) is 0 Å². The van der Waals surface area contributed by atoms with Crippen LogP contribution in [0.4, 0.5) is 5.82 Å². The lowest BCUT2D eigenvalue weighted by molar-refractivity contribution is 0.458. The second kappa shape index (κ2) is 6.18. The zero-order valence-electron chi connectivity index (χ0n) is 11.6. The normalized spacial score (nSPS) is 10.3. The van der Waals surface area contributed by atoms with E-state index in [-0.39, 0.29) is 0 Å². The van der Waals surface area contributed by atoms with E-state index in [1.807, 2.05) is 25.1 Å². The Hall–Kier alpha value is -2.10. The molecule has 2 rings (SSSR count). The highest BCUT2D eigenvalue weighted by Crippen LogP contribution is 2.26. The number of nitrogens with zero attached hydrogens (tertiary/aromatic N) is 2. The third-order valence-electron chi connectivity index (χ3n) is 2.97. The summed E-state index contributed by atoms with van der Waals surface area (Å²) in [5, 5.41) is 3.22. The minimum absolute atomic E-state index is 0.558. The van der Waals surface area contributed by atoms with Crippen LogP contribution < -0.4 is 10.1 Å². The van der Waals surface area contributed by atoms with E-state index in [1.54, 1.807) is 0 Å². The molecule has 0 atom stereocenters. The smallest absolute Gasteiger partial charge is 0.224 e. The van der Waals surface area contributed by atoms with Gasteiger partial charge in [0.15, 0.2) is 0 Å². The molecule has 0 aliphatic carbocycles. The summed E-state index contributed by atoms with van der Waals surface area (Å²) in [4.78, 5) is 8.30. The summed E-state index contributed by atoms with van der Waals surface area (Å²) in [5.74, 6) is 2.18. The lowest BCUT2D eigenvalue weighted by Crippen LogP contribution is -2.02. The van der Waals surface area contributed by atoms with Gasteiger partial charge in [-0.2, -0.15) is 0 Å². The molecule has 0 saturated carbocycles. The van der Waals surface area contributed by atoms with E-state index in [0.717, 1.165) is 30.1 Å². The van der Waals surface area contributed by atoms with Crippen LogP contribution in [0, 0.1) is 13.8 Å². The molecule has 4 heteroatoms. The van der Waals surface area contributed by atoms with E-state index in [2.05, 4.69) is 35.2 Å². The second-order valence-electron chi connectivity index (χ2n) is 4.47. The maximum Gasteiger partial charge on any atom is 0.224 e. The summed E-state index contributed by atoms with van der Waals surface area (Å²) < 4.78 is 5.82. The predicted molar refractivity (Wildman–Crippen MR) is 76.8 cm³/mol. The van der Waals surface area contributed by atoms with Crippen molar-refractivity contribution in [3.8, 4) is 11.6 Å². The topological polar surface area (TPSA) is 47.0 Å². The number of nitrogens with one attached hydrogen (secondary N) is 1. The molecule has 0 aliphatic heterocycles. The molecule has 0 spiro atoms. The second-order valence-corrected chi connectivity index (χ2v) is 4.47. The maximum atomic E-state index is 5.82. The summed E-state index contributed by atoms with van der Waals surface area (Å²) >= 11 is 0. The van der Waals surface area contributed by atoms with E-state index < -0.39 is 0 Å². The summed E-state index contributed by atoms with van der Waals surface area (Å²) in [6.45, 7) is 7.11. The number of rotatable bonds is 5. The minimum atomic E-state index is 0.558. The monoisotopic (exact) mass is 257 g/mol. The van der Waals surface area contributed by atoms with Crippen molar-refractivity contribution >= 4 is 5.82 Å². The van der Waals surface area contributed by atoms with Crippen LogP contribution in [0.5, 0.6) is 11.6 Å². The van der Waals surface area contributed by atoms with Gasteiger partial charge in [0, 0.05) is 12.6 Å². The van der Waals surface area contributed by atoms with Gasteiger partial charge in [-0.1, -0.05) is 19.1 Å². The molecule has 0 amide bonds. The maximum absolute atomic E-state index is 5.82. The predicted octanol–water partition coefficient (Wildman–Crippen LogP) is 3.71. The first-order valence-corrected chi connectivity index (χ1v) is 6.50. The molecule has 0 fully saturated rings. The molecule has 19 heavy (non-hydrogen) atoms. The largest absolute Gasteiger partial charge is 0.439 e. The fraction of sp³-hybridized carbons (Fsp3) is 0.333. The van der Waals surface area contributed by atoms with E-state index in [0.29, 0.717) is 5.88 Å². The molecule has 0 saturated heterocycles. The first-order chi connectivity index (χ1) is 9.20. The van der Waals surface area contributed by atoms with Crippen LogP contribution in [0.25, 0.3) is 0 Å². The average Bonchev–Trinajstić information content (AvgIpc) is 2.42. The van der Waals surface area contributed by atoms with Gasteiger partial charge in [-0.25, -0.2) is 9.97 Å². The van der Waals surface area contributed by atoms with Gasteiger partial charge in [0.05, 0.1) is 0 Å². The Morgan fingerprint density at radius 1 is 1.21 bits per heavy atom. The van der Waals surface area contributed by atoms with Crippen LogP contribution in [0.3, 0.4) is 0 Å². The van der Waals surface area contributed by atoms with Crippen LogP contribution in [0.15, 0.2) is 30.6 Å². The standard InChI is InChI=1S/C15H19N3O/c1-4-8-16-14-9-15(18-10-17-14)19-13-7-5-6-11(2)12(13)3/h5-7,9-10H,4,8H2,1-3H3,(H,16,17,18). The highest BCUT2D eigenvalue weighted by molar-refractivity contribution is 5.42. The molecule has 2 aromatic rings. The summed E-state index contributed by atoms with van der Waals surface area (Å²) in [6, 6.07) is 7.81. The molecule has 0 bridgehead atoms. The van der Waals surface area contributed by atoms with Crippen molar-refractivity contribution in [3.05, 3.63) is 41.7 Å². The minimum Gasteiger partial charge on any atom is -0.439 e. The summed E-state index contributed by atoms with van der Waals surface area (Å²) in [7, 11) is 0. The molecule has 1 aromatic heterocycles. The third-order valence-corrected chi connectivity index (χ3v) is 2.97. The first-order valence-electron chi connectivity index (χ1n) is 6.50. The van der Waals surface area contributed by atoms with Gasteiger partial charge in [0.1, 0.15) is 17.9 Å². The van der Waals surface area contributed by atoms with Gasteiger partial charge in [-0.3, -0.25) is 0 Å². The van der Waals surface area contributed by atoms with Crippen molar-refractivity contribution in [1.82, 2.24) is 9.97 Å². The molecule has 0 unspecified atom stereocenters. The quantitative estimate of drug-likeness (QED) is 0.887. The van der Waals surface area contributed by atoms with Gasteiger partial charge >= 0.3 is 0 Å². The molecule has 100 valence electrons.